The Morgan fingerprint density at radius 1 is 0.962 bits per heavy atom. The molecule has 7 nitrogen and oxygen atoms in total. The first kappa shape index (κ1) is 23.9. The van der Waals surface area contributed by atoms with Gasteiger partial charge in [-0.3, -0.25) is 9.35 Å². The van der Waals surface area contributed by atoms with E-state index in [-0.39, 0.29) is 41.4 Å². The van der Waals surface area contributed by atoms with Crippen LogP contribution in [0.25, 0.3) is 0 Å². The third-order valence-corrected chi connectivity index (χ3v) is 6.53. The average Bonchev–Trinajstić information content (AvgIpc) is 2.58. The van der Waals surface area contributed by atoms with Gasteiger partial charge in [0.2, 0.25) is 0 Å². The summed E-state index contributed by atoms with van der Waals surface area (Å²) in [5.41, 5.74) is 0. The molecule has 0 heterocycles. The zero-order chi connectivity index (χ0) is 18.4. The van der Waals surface area contributed by atoms with Crippen molar-refractivity contribution >= 4 is 22.1 Å². The van der Waals surface area contributed by atoms with Crippen molar-refractivity contribution < 1.29 is 62.0 Å². The Bertz CT molecular complexity index is 548. The van der Waals surface area contributed by atoms with Crippen LogP contribution in [-0.4, -0.2) is 36.3 Å². The van der Waals surface area contributed by atoms with E-state index in [0.29, 0.717) is 0 Å². The molecule has 1 N–H and O–H groups in total. The van der Waals surface area contributed by atoms with Crippen LogP contribution >= 0.6 is 0 Å². The standard InChI is InChI=1S/C17H28O7S.Na/c18-15(19)11-14(25(21,22)23)17(20)24-16(12-7-3-1-4-8-12)13-9-5-2-6-10-13;/h12-14,16H,1-11H2,(H,18,19)(H,21,22,23);/q;+1/p-1. The molecule has 144 valence electrons. The number of rotatable bonds is 7. The zero-order valence-corrected chi connectivity index (χ0v) is 18.2. The Morgan fingerprint density at radius 3 is 1.73 bits per heavy atom. The third kappa shape index (κ3) is 7.11. The van der Waals surface area contributed by atoms with Gasteiger partial charge in [0, 0.05) is 12.4 Å². The predicted molar refractivity (Wildman–Crippen MR) is 88.0 cm³/mol. The van der Waals surface area contributed by atoms with E-state index >= 15 is 0 Å². The predicted octanol–water partition coefficient (Wildman–Crippen LogP) is -1.54. The van der Waals surface area contributed by atoms with Crippen molar-refractivity contribution in [1.29, 1.82) is 0 Å². The van der Waals surface area contributed by atoms with Crippen LogP contribution in [0.15, 0.2) is 0 Å². The number of carboxylic acid groups (broad SMARTS) is 1. The molecule has 2 aliphatic carbocycles. The number of carbonyl (C=O) groups excluding carboxylic acids is 2. The maximum Gasteiger partial charge on any atom is 1.00 e. The molecule has 2 aliphatic rings. The van der Waals surface area contributed by atoms with Crippen LogP contribution in [0, 0.1) is 11.8 Å². The number of esters is 1. The fraction of sp³-hybridized carbons (Fsp3) is 0.882. The van der Waals surface area contributed by atoms with Gasteiger partial charge < -0.3 is 14.6 Å². The van der Waals surface area contributed by atoms with Crippen molar-refractivity contribution in [3.05, 3.63) is 0 Å². The van der Waals surface area contributed by atoms with Gasteiger partial charge in [0.25, 0.3) is 10.1 Å². The molecule has 2 fully saturated rings. The Morgan fingerprint density at radius 2 is 1.38 bits per heavy atom. The molecule has 0 saturated heterocycles. The minimum atomic E-state index is -4.86. The molecule has 0 bridgehead atoms. The van der Waals surface area contributed by atoms with Crippen molar-refractivity contribution in [2.75, 3.05) is 0 Å². The maximum absolute atomic E-state index is 12.4. The summed E-state index contributed by atoms with van der Waals surface area (Å²) >= 11 is 0. The Balaban J connectivity index is 0.00000338. The van der Waals surface area contributed by atoms with Gasteiger partial charge in [-0.2, -0.15) is 8.42 Å². The summed E-state index contributed by atoms with van der Waals surface area (Å²) in [7, 11) is -4.86. The van der Waals surface area contributed by atoms with E-state index in [0.717, 1.165) is 64.2 Å². The zero-order valence-electron chi connectivity index (χ0n) is 15.4. The topological polar surface area (TPSA) is 121 Å². The molecule has 2 rings (SSSR count). The molecule has 0 radical (unpaired) electrons. The summed E-state index contributed by atoms with van der Waals surface area (Å²) in [4.78, 5) is 23.1. The fourth-order valence-corrected chi connectivity index (χ4v) is 4.82. The van der Waals surface area contributed by atoms with Gasteiger partial charge in [-0.1, -0.05) is 38.5 Å². The number of carbonyl (C=O) groups is 2. The van der Waals surface area contributed by atoms with Gasteiger partial charge in [-0.25, -0.2) is 0 Å². The molecule has 2 saturated carbocycles. The largest absolute Gasteiger partial charge is 1.00 e. The average molecular weight is 398 g/mol. The minimum absolute atomic E-state index is 0. The first-order valence-corrected chi connectivity index (χ1v) is 10.7. The molecule has 1 unspecified atom stereocenters. The number of aliphatic carboxylic acids is 1. The van der Waals surface area contributed by atoms with E-state index in [1.54, 1.807) is 0 Å². The first-order valence-electron chi connectivity index (χ1n) is 9.15. The van der Waals surface area contributed by atoms with Crippen molar-refractivity contribution in [3.8, 4) is 0 Å². The first-order chi connectivity index (χ1) is 11.8. The summed E-state index contributed by atoms with van der Waals surface area (Å²) in [6, 6.07) is 0. The van der Waals surface area contributed by atoms with Crippen molar-refractivity contribution in [3.63, 3.8) is 0 Å². The van der Waals surface area contributed by atoms with Crippen LogP contribution in [0.1, 0.15) is 70.6 Å². The monoisotopic (exact) mass is 398 g/mol. The second-order valence-corrected chi connectivity index (χ2v) is 8.88. The van der Waals surface area contributed by atoms with Gasteiger partial charge in [-0.05, 0) is 37.5 Å². The number of ether oxygens (including phenoxy) is 1. The molecule has 26 heavy (non-hydrogen) atoms. The molecule has 0 spiro atoms. The number of carboxylic acids is 1. The molecule has 1 atom stereocenters. The Kier molecular flexibility index (Phi) is 10.1. The van der Waals surface area contributed by atoms with Gasteiger partial charge in [0.05, 0.1) is 0 Å². The smallest absolute Gasteiger partial charge is 0.550 e. The van der Waals surface area contributed by atoms with Gasteiger partial charge >= 0.3 is 35.5 Å². The van der Waals surface area contributed by atoms with Gasteiger partial charge in [0.1, 0.15) is 6.10 Å². The van der Waals surface area contributed by atoms with E-state index in [9.17, 15) is 27.7 Å². The SMILES string of the molecule is O=C([O-])CC(C(=O)OC(C1CCCCC1)C1CCCCC1)S(=O)(=O)O.[Na+]. The van der Waals surface area contributed by atoms with E-state index in [1.807, 2.05) is 0 Å². The van der Waals surface area contributed by atoms with Crippen molar-refractivity contribution in [2.24, 2.45) is 11.8 Å². The second-order valence-electron chi connectivity index (χ2n) is 7.28. The van der Waals surface area contributed by atoms with Crippen molar-refractivity contribution in [2.45, 2.75) is 82.0 Å². The van der Waals surface area contributed by atoms with Gasteiger partial charge in [-0.15, -0.1) is 0 Å². The van der Waals surface area contributed by atoms with Crippen LogP contribution in [0.4, 0.5) is 0 Å². The molecule has 0 amide bonds. The molecular weight excluding hydrogens is 371 g/mol. The molecule has 0 aromatic rings. The maximum atomic E-state index is 12.4. The molecular formula is C17H27NaO7S. The summed E-state index contributed by atoms with van der Waals surface area (Å²) in [6.07, 6.45) is 8.66. The quantitative estimate of drug-likeness (QED) is 0.313. The normalized spacial score (nSPS) is 21.0. The summed E-state index contributed by atoms with van der Waals surface area (Å²) in [5, 5.41) is 8.64. The summed E-state index contributed by atoms with van der Waals surface area (Å²) in [6.45, 7) is 0. The summed E-state index contributed by atoms with van der Waals surface area (Å²) < 4.78 is 37.6. The van der Waals surface area contributed by atoms with E-state index in [1.165, 1.54) is 0 Å². The van der Waals surface area contributed by atoms with Crippen LogP contribution in [0.3, 0.4) is 0 Å². The van der Waals surface area contributed by atoms with Crippen LogP contribution < -0.4 is 34.7 Å². The molecule has 0 aromatic carbocycles. The summed E-state index contributed by atoms with van der Waals surface area (Å²) in [5.74, 6) is -2.55. The van der Waals surface area contributed by atoms with E-state index in [2.05, 4.69) is 0 Å². The third-order valence-electron chi connectivity index (χ3n) is 5.46. The fourth-order valence-electron chi connectivity index (χ4n) is 4.17. The van der Waals surface area contributed by atoms with Gasteiger partial charge in [0.15, 0.2) is 5.25 Å². The minimum Gasteiger partial charge on any atom is -0.550 e. The second kappa shape index (κ2) is 11.0. The molecule has 0 aromatic heterocycles. The Hall–Kier alpha value is -0.150. The van der Waals surface area contributed by atoms with Crippen LogP contribution in [0.5, 0.6) is 0 Å². The van der Waals surface area contributed by atoms with E-state index in [4.69, 9.17) is 4.74 Å². The van der Waals surface area contributed by atoms with Crippen molar-refractivity contribution in [1.82, 2.24) is 0 Å². The Labute approximate surface area is 177 Å². The molecule has 9 heteroatoms. The van der Waals surface area contributed by atoms with Crippen LogP contribution in [-0.2, 0) is 24.4 Å². The van der Waals surface area contributed by atoms with E-state index < -0.39 is 39.8 Å². The van der Waals surface area contributed by atoms with Crippen LogP contribution in [0.2, 0.25) is 0 Å². The molecule has 0 aliphatic heterocycles. The number of hydrogen-bond donors (Lipinski definition) is 1. The number of hydrogen-bond acceptors (Lipinski definition) is 6.